The summed E-state index contributed by atoms with van der Waals surface area (Å²) >= 11 is 0. The molecule has 1 heterocycles. The molecular formula is C11H12N2O2. The van der Waals surface area contributed by atoms with Gasteiger partial charge in [-0.15, -0.1) is 0 Å². The Hall–Kier alpha value is -1.84. The van der Waals surface area contributed by atoms with Gasteiger partial charge in [-0.1, -0.05) is 25.1 Å². The van der Waals surface area contributed by atoms with Crippen LogP contribution in [0.2, 0.25) is 0 Å². The molecule has 15 heavy (non-hydrogen) atoms. The fourth-order valence-corrected chi connectivity index (χ4v) is 1.75. The van der Waals surface area contributed by atoms with Crippen molar-refractivity contribution in [1.29, 1.82) is 0 Å². The number of carbonyl (C=O) groups is 1. The van der Waals surface area contributed by atoms with E-state index in [1.165, 1.54) is 4.68 Å². The highest BCUT2D eigenvalue weighted by atomic mass is 16.4. The summed E-state index contributed by atoms with van der Waals surface area (Å²) in [5, 5.41) is 13.8. The van der Waals surface area contributed by atoms with Gasteiger partial charge in [-0.2, -0.15) is 5.10 Å². The number of nitrogens with zero attached hydrogens (tertiary/aromatic N) is 2. The summed E-state index contributed by atoms with van der Waals surface area (Å²) < 4.78 is 1.54. The Morgan fingerprint density at radius 2 is 2.33 bits per heavy atom. The van der Waals surface area contributed by atoms with Crippen LogP contribution in [-0.2, 0) is 17.8 Å². The van der Waals surface area contributed by atoms with Crippen LogP contribution in [0.1, 0.15) is 12.5 Å². The van der Waals surface area contributed by atoms with E-state index in [0.717, 1.165) is 22.9 Å². The molecule has 0 amide bonds. The molecule has 1 aromatic heterocycles. The van der Waals surface area contributed by atoms with Gasteiger partial charge in [-0.25, -0.2) is 0 Å². The molecule has 4 nitrogen and oxygen atoms in total. The van der Waals surface area contributed by atoms with Gasteiger partial charge < -0.3 is 5.11 Å². The lowest BCUT2D eigenvalue weighted by Crippen LogP contribution is -2.10. The van der Waals surface area contributed by atoms with Gasteiger partial charge in [0, 0.05) is 5.39 Å². The molecule has 0 fully saturated rings. The molecule has 0 aliphatic heterocycles. The lowest BCUT2D eigenvalue weighted by molar-refractivity contribution is -0.137. The zero-order chi connectivity index (χ0) is 10.8. The number of aliphatic carboxylic acids is 1. The van der Waals surface area contributed by atoms with Crippen molar-refractivity contribution in [2.24, 2.45) is 0 Å². The maximum Gasteiger partial charge on any atom is 0.325 e. The molecule has 0 radical (unpaired) electrons. The third-order valence-corrected chi connectivity index (χ3v) is 2.41. The zero-order valence-corrected chi connectivity index (χ0v) is 8.47. The van der Waals surface area contributed by atoms with Crippen LogP contribution >= 0.6 is 0 Å². The van der Waals surface area contributed by atoms with Crippen LogP contribution in [0.3, 0.4) is 0 Å². The van der Waals surface area contributed by atoms with E-state index < -0.39 is 5.97 Å². The molecule has 0 unspecified atom stereocenters. The van der Waals surface area contributed by atoms with Crippen LogP contribution in [0, 0.1) is 0 Å². The summed E-state index contributed by atoms with van der Waals surface area (Å²) in [6.07, 6.45) is 2.58. The Morgan fingerprint density at radius 3 is 3.00 bits per heavy atom. The van der Waals surface area contributed by atoms with E-state index in [4.69, 9.17) is 5.11 Å². The van der Waals surface area contributed by atoms with E-state index in [2.05, 4.69) is 5.10 Å². The molecule has 0 saturated heterocycles. The second-order valence-corrected chi connectivity index (χ2v) is 3.40. The Balaban J connectivity index is 2.60. The normalized spacial score (nSPS) is 10.7. The van der Waals surface area contributed by atoms with Gasteiger partial charge in [-0.3, -0.25) is 9.48 Å². The lowest BCUT2D eigenvalue weighted by atomic mass is 10.1. The molecule has 0 aliphatic carbocycles. The predicted molar refractivity (Wildman–Crippen MR) is 56.7 cm³/mol. The third kappa shape index (κ3) is 1.70. The van der Waals surface area contributed by atoms with Crippen molar-refractivity contribution in [2.45, 2.75) is 19.9 Å². The van der Waals surface area contributed by atoms with Crippen molar-refractivity contribution in [2.75, 3.05) is 0 Å². The summed E-state index contributed by atoms with van der Waals surface area (Å²) in [7, 11) is 0. The number of aromatic nitrogens is 2. The van der Waals surface area contributed by atoms with Crippen molar-refractivity contribution in [3.8, 4) is 0 Å². The summed E-state index contributed by atoms with van der Waals surface area (Å²) in [4.78, 5) is 10.6. The minimum Gasteiger partial charge on any atom is -0.480 e. The number of para-hydroxylation sites is 1. The number of hydrogen-bond donors (Lipinski definition) is 1. The first-order valence-electron chi connectivity index (χ1n) is 4.87. The average molecular weight is 204 g/mol. The molecule has 0 spiro atoms. The smallest absolute Gasteiger partial charge is 0.325 e. The summed E-state index contributed by atoms with van der Waals surface area (Å²) in [6.45, 7) is 1.97. The summed E-state index contributed by atoms with van der Waals surface area (Å²) in [6, 6.07) is 5.91. The van der Waals surface area contributed by atoms with Crippen LogP contribution in [-0.4, -0.2) is 20.9 Å². The molecule has 0 saturated carbocycles. The van der Waals surface area contributed by atoms with Crippen LogP contribution in [0.15, 0.2) is 24.4 Å². The van der Waals surface area contributed by atoms with E-state index in [9.17, 15) is 4.79 Å². The fraction of sp³-hybridized carbons (Fsp3) is 0.273. The van der Waals surface area contributed by atoms with E-state index in [1.54, 1.807) is 6.20 Å². The van der Waals surface area contributed by atoms with Gasteiger partial charge in [0.2, 0.25) is 0 Å². The molecule has 0 bridgehead atoms. The largest absolute Gasteiger partial charge is 0.480 e. The lowest BCUT2D eigenvalue weighted by Gasteiger charge is -2.03. The minimum atomic E-state index is -0.870. The van der Waals surface area contributed by atoms with E-state index in [-0.39, 0.29) is 6.54 Å². The SMILES string of the molecule is CCc1cccc2cnn(CC(=O)O)c12. The first-order chi connectivity index (χ1) is 7.22. The second-order valence-electron chi connectivity index (χ2n) is 3.40. The Morgan fingerprint density at radius 1 is 1.53 bits per heavy atom. The molecule has 2 rings (SSSR count). The van der Waals surface area contributed by atoms with E-state index in [1.807, 2.05) is 25.1 Å². The van der Waals surface area contributed by atoms with Crippen molar-refractivity contribution in [3.05, 3.63) is 30.0 Å². The van der Waals surface area contributed by atoms with Crippen molar-refractivity contribution in [1.82, 2.24) is 9.78 Å². The van der Waals surface area contributed by atoms with Crippen LogP contribution in [0.5, 0.6) is 0 Å². The highest BCUT2D eigenvalue weighted by Gasteiger charge is 2.08. The maximum atomic E-state index is 10.6. The number of rotatable bonds is 3. The predicted octanol–water partition coefficient (Wildman–Crippen LogP) is 1.68. The first-order valence-corrected chi connectivity index (χ1v) is 4.87. The highest BCUT2D eigenvalue weighted by Crippen LogP contribution is 2.18. The van der Waals surface area contributed by atoms with Crippen LogP contribution < -0.4 is 0 Å². The van der Waals surface area contributed by atoms with Crippen molar-refractivity contribution >= 4 is 16.9 Å². The number of hydrogen-bond acceptors (Lipinski definition) is 2. The molecule has 4 heteroatoms. The second kappa shape index (κ2) is 3.73. The van der Waals surface area contributed by atoms with Gasteiger partial charge in [0.25, 0.3) is 0 Å². The van der Waals surface area contributed by atoms with Crippen LogP contribution in [0.4, 0.5) is 0 Å². The summed E-state index contributed by atoms with van der Waals surface area (Å²) in [5.74, 6) is -0.870. The quantitative estimate of drug-likeness (QED) is 0.827. The van der Waals surface area contributed by atoms with E-state index >= 15 is 0 Å². The molecule has 0 aliphatic rings. The van der Waals surface area contributed by atoms with Gasteiger partial charge in [0.05, 0.1) is 11.7 Å². The Bertz CT molecular complexity index is 502. The number of benzene rings is 1. The first kappa shape index (κ1) is 9.71. The molecule has 78 valence electrons. The summed E-state index contributed by atoms with van der Waals surface area (Å²) in [5.41, 5.74) is 2.06. The number of carboxylic acids is 1. The number of aryl methyl sites for hydroxylation is 1. The maximum absolute atomic E-state index is 10.6. The third-order valence-electron chi connectivity index (χ3n) is 2.41. The monoisotopic (exact) mass is 204 g/mol. The Kier molecular flexibility index (Phi) is 2.41. The van der Waals surface area contributed by atoms with Gasteiger partial charge >= 0.3 is 5.97 Å². The number of carboxylic acid groups (broad SMARTS) is 1. The van der Waals surface area contributed by atoms with Crippen molar-refractivity contribution in [3.63, 3.8) is 0 Å². The molecular weight excluding hydrogens is 192 g/mol. The van der Waals surface area contributed by atoms with Crippen LogP contribution in [0.25, 0.3) is 10.9 Å². The molecule has 2 aromatic rings. The van der Waals surface area contributed by atoms with Gasteiger partial charge in [0.1, 0.15) is 6.54 Å². The molecule has 1 aromatic carbocycles. The average Bonchev–Trinajstić information content (AvgIpc) is 2.61. The minimum absolute atomic E-state index is 0.0828. The Labute approximate surface area is 87.1 Å². The zero-order valence-electron chi connectivity index (χ0n) is 8.47. The fourth-order valence-electron chi connectivity index (χ4n) is 1.75. The topological polar surface area (TPSA) is 55.1 Å². The van der Waals surface area contributed by atoms with E-state index in [0.29, 0.717) is 0 Å². The number of fused-ring (bicyclic) bond motifs is 1. The standard InChI is InChI=1S/C11H12N2O2/c1-2-8-4-3-5-9-6-12-13(11(8)9)7-10(14)15/h3-6H,2,7H2,1H3,(H,14,15). The van der Waals surface area contributed by atoms with Crippen molar-refractivity contribution < 1.29 is 9.90 Å². The molecule has 1 N–H and O–H groups in total. The highest BCUT2D eigenvalue weighted by molar-refractivity contribution is 5.83. The molecule has 0 atom stereocenters. The van der Waals surface area contributed by atoms with Gasteiger partial charge in [0.15, 0.2) is 0 Å². The van der Waals surface area contributed by atoms with Gasteiger partial charge in [-0.05, 0) is 12.0 Å².